The SMILES string of the molecule is O=C(Nc1ccccc1)C1CCC(C(=O)Nc2ccc(F)c(Cl)c2)CC1. The first kappa shape index (κ1) is 18.4. The molecule has 0 radical (unpaired) electrons. The summed E-state index contributed by atoms with van der Waals surface area (Å²) in [6.07, 6.45) is 2.63. The van der Waals surface area contributed by atoms with Crippen LogP contribution >= 0.6 is 11.6 Å². The summed E-state index contributed by atoms with van der Waals surface area (Å²) < 4.78 is 13.2. The van der Waals surface area contributed by atoms with Crippen LogP contribution < -0.4 is 10.6 Å². The summed E-state index contributed by atoms with van der Waals surface area (Å²) >= 11 is 5.73. The first-order valence-electron chi connectivity index (χ1n) is 8.65. The predicted molar refractivity (Wildman–Crippen MR) is 101 cm³/mol. The van der Waals surface area contributed by atoms with E-state index in [1.807, 2.05) is 30.3 Å². The molecule has 136 valence electrons. The number of anilines is 2. The highest BCUT2D eigenvalue weighted by atomic mass is 35.5. The molecule has 3 rings (SSSR count). The van der Waals surface area contributed by atoms with E-state index in [0.29, 0.717) is 31.4 Å². The Morgan fingerprint density at radius 1 is 0.846 bits per heavy atom. The van der Waals surface area contributed by atoms with Crippen molar-refractivity contribution in [3.05, 3.63) is 59.4 Å². The highest BCUT2D eigenvalue weighted by Gasteiger charge is 2.30. The number of para-hydroxylation sites is 1. The highest BCUT2D eigenvalue weighted by Crippen LogP contribution is 2.31. The quantitative estimate of drug-likeness (QED) is 0.802. The van der Waals surface area contributed by atoms with Gasteiger partial charge in [-0.1, -0.05) is 29.8 Å². The Balaban J connectivity index is 1.50. The number of amides is 2. The molecule has 1 fully saturated rings. The van der Waals surface area contributed by atoms with E-state index in [1.54, 1.807) is 0 Å². The number of halogens is 2. The lowest BCUT2D eigenvalue weighted by atomic mass is 9.81. The molecule has 0 unspecified atom stereocenters. The number of carbonyl (C=O) groups excluding carboxylic acids is 2. The molecule has 2 N–H and O–H groups in total. The lowest BCUT2D eigenvalue weighted by Crippen LogP contribution is -2.32. The molecule has 1 aliphatic carbocycles. The van der Waals surface area contributed by atoms with Crippen molar-refractivity contribution in [2.75, 3.05) is 10.6 Å². The molecule has 0 atom stereocenters. The molecule has 2 aromatic rings. The second-order valence-electron chi connectivity index (χ2n) is 6.52. The average Bonchev–Trinajstić information content (AvgIpc) is 2.65. The van der Waals surface area contributed by atoms with Gasteiger partial charge >= 0.3 is 0 Å². The van der Waals surface area contributed by atoms with E-state index in [0.717, 1.165) is 5.69 Å². The summed E-state index contributed by atoms with van der Waals surface area (Å²) in [5, 5.41) is 5.67. The molecule has 2 aromatic carbocycles. The lowest BCUT2D eigenvalue weighted by molar-refractivity contribution is -0.125. The smallest absolute Gasteiger partial charge is 0.227 e. The molecule has 0 saturated heterocycles. The Morgan fingerprint density at radius 2 is 1.38 bits per heavy atom. The van der Waals surface area contributed by atoms with Crippen LogP contribution in [0.25, 0.3) is 0 Å². The third kappa shape index (κ3) is 4.61. The van der Waals surface area contributed by atoms with Crippen molar-refractivity contribution >= 4 is 34.8 Å². The van der Waals surface area contributed by atoms with Gasteiger partial charge in [0.25, 0.3) is 0 Å². The summed E-state index contributed by atoms with van der Waals surface area (Å²) in [6, 6.07) is 13.5. The average molecular weight is 375 g/mol. The summed E-state index contributed by atoms with van der Waals surface area (Å²) in [7, 11) is 0. The lowest BCUT2D eigenvalue weighted by Gasteiger charge is -2.27. The minimum Gasteiger partial charge on any atom is -0.326 e. The number of hydrogen-bond donors (Lipinski definition) is 2. The zero-order valence-corrected chi connectivity index (χ0v) is 14.9. The van der Waals surface area contributed by atoms with Crippen molar-refractivity contribution in [3.63, 3.8) is 0 Å². The molecule has 1 aliphatic rings. The molecule has 1 saturated carbocycles. The number of carbonyl (C=O) groups is 2. The minimum absolute atomic E-state index is 0.000347. The van der Waals surface area contributed by atoms with Crippen LogP contribution in [0.5, 0.6) is 0 Å². The Hall–Kier alpha value is -2.40. The molecule has 0 aliphatic heterocycles. The van der Waals surface area contributed by atoms with Crippen molar-refractivity contribution in [2.24, 2.45) is 11.8 Å². The summed E-state index contributed by atoms with van der Waals surface area (Å²) in [5.41, 5.74) is 1.26. The Labute approximate surface area is 156 Å². The van der Waals surface area contributed by atoms with Gasteiger partial charge in [-0.2, -0.15) is 0 Å². The van der Waals surface area contributed by atoms with Crippen molar-refractivity contribution in [1.29, 1.82) is 0 Å². The first-order chi connectivity index (χ1) is 12.5. The first-order valence-corrected chi connectivity index (χ1v) is 9.02. The van der Waals surface area contributed by atoms with Crippen LogP contribution in [0.15, 0.2) is 48.5 Å². The largest absolute Gasteiger partial charge is 0.326 e. The summed E-state index contributed by atoms with van der Waals surface area (Å²) in [4.78, 5) is 24.7. The number of hydrogen-bond acceptors (Lipinski definition) is 2. The monoisotopic (exact) mass is 374 g/mol. The topological polar surface area (TPSA) is 58.2 Å². The number of rotatable bonds is 4. The van der Waals surface area contributed by atoms with E-state index in [1.165, 1.54) is 18.2 Å². The standard InChI is InChI=1S/C20H20ClFN2O2/c21-17-12-16(10-11-18(17)22)24-20(26)14-8-6-13(7-9-14)19(25)23-15-4-2-1-3-5-15/h1-5,10-14H,6-9H2,(H,23,25)(H,24,26). The van der Waals surface area contributed by atoms with Crippen LogP contribution in [-0.4, -0.2) is 11.8 Å². The van der Waals surface area contributed by atoms with Gasteiger partial charge in [0.05, 0.1) is 5.02 Å². The molecule has 0 heterocycles. The molecule has 0 bridgehead atoms. The molecule has 26 heavy (non-hydrogen) atoms. The van der Waals surface area contributed by atoms with Crippen LogP contribution in [0.1, 0.15) is 25.7 Å². The zero-order chi connectivity index (χ0) is 18.5. The van der Waals surface area contributed by atoms with Crippen molar-refractivity contribution < 1.29 is 14.0 Å². The van der Waals surface area contributed by atoms with E-state index in [-0.39, 0.29) is 28.7 Å². The molecule has 0 aromatic heterocycles. The van der Waals surface area contributed by atoms with Gasteiger partial charge in [0.1, 0.15) is 5.82 Å². The van der Waals surface area contributed by atoms with E-state index in [2.05, 4.69) is 10.6 Å². The molecular weight excluding hydrogens is 355 g/mol. The van der Waals surface area contributed by atoms with Crippen molar-refractivity contribution in [3.8, 4) is 0 Å². The van der Waals surface area contributed by atoms with E-state index >= 15 is 0 Å². The number of benzene rings is 2. The van der Waals surface area contributed by atoms with Gasteiger partial charge < -0.3 is 10.6 Å². The van der Waals surface area contributed by atoms with Crippen LogP contribution in [0, 0.1) is 17.7 Å². The molecule has 6 heteroatoms. The second-order valence-corrected chi connectivity index (χ2v) is 6.93. The third-order valence-electron chi connectivity index (χ3n) is 4.70. The van der Waals surface area contributed by atoms with Gasteiger partial charge in [0.2, 0.25) is 11.8 Å². The van der Waals surface area contributed by atoms with Crippen LogP contribution in [0.4, 0.5) is 15.8 Å². The zero-order valence-electron chi connectivity index (χ0n) is 14.2. The third-order valence-corrected chi connectivity index (χ3v) is 4.99. The normalized spacial score (nSPS) is 19.6. The van der Waals surface area contributed by atoms with Gasteiger partial charge in [0, 0.05) is 23.2 Å². The molecule has 2 amide bonds. The van der Waals surface area contributed by atoms with Crippen LogP contribution in [-0.2, 0) is 9.59 Å². The molecule has 4 nitrogen and oxygen atoms in total. The van der Waals surface area contributed by atoms with Crippen molar-refractivity contribution in [2.45, 2.75) is 25.7 Å². The van der Waals surface area contributed by atoms with E-state index < -0.39 is 5.82 Å². The molecular formula is C20H20ClFN2O2. The fourth-order valence-electron chi connectivity index (χ4n) is 3.20. The maximum absolute atomic E-state index is 13.2. The summed E-state index contributed by atoms with van der Waals surface area (Å²) in [5.74, 6) is -0.872. The second kappa shape index (κ2) is 8.32. The van der Waals surface area contributed by atoms with Gasteiger partial charge in [-0.3, -0.25) is 9.59 Å². The maximum atomic E-state index is 13.2. The molecule has 0 spiro atoms. The van der Waals surface area contributed by atoms with Crippen LogP contribution in [0.2, 0.25) is 5.02 Å². The fourth-order valence-corrected chi connectivity index (χ4v) is 3.38. The van der Waals surface area contributed by atoms with Crippen LogP contribution in [0.3, 0.4) is 0 Å². The van der Waals surface area contributed by atoms with Crippen molar-refractivity contribution in [1.82, 2.24) is 0 Å². The Kier molecular flexibility index (Phi) is 5.89. The van der Waals surface area contributed by atoms with Gasteiger partial charge in [0.15, 0.2) is 0 Å². The highest BCUT2D eigenvalue weighted by molar-refractivity contribution is 6.31. The van der Waals surface area contributed by atoms with Gasteiger partial charge in [-0.15, -0.1) is 0 Å². The van der Waals surface area contributed by atoms with E-state index in [4.69, 9.17) is 11.6 Å². The Morgan fingerprint density at radius 3 is 1.92 bits per heavy atom. The Bertz CT molecular complexity index is 790. The minimum atomic E-state index is -0.519. The van der Waals surface area contributed by atoms with Gasteiger partial charge in [-0.25, -0.2) is 4.39 Å². The number of nitrogens with one attached hydrogen (secondary N) is 2. The van der Waals surface area contributed by atoms with E-state index in [9.17, 15) is 14.0 Å². The predicted octanol–water partition coefficient (Wildman–Crippen LogP) is 4.86. The fraction of sp³-hybridized carbons (Fsp3) is 0.300. The maximum Gasteiger partial charge on any atom is 0.227 e. The van der Waals surface area contributed by atoms with Gasteiger partial charge in [-0.05, 0) is 56.0 Å². The summed E-state index contributed by atoms with van der Waals surface area (Å²) in [6.45, 7) is 0.